The van der Waals surface area contributed by atoms with Gasteiger partial charge in [0.2, 0.25) is 0 Å². The summed E-state index contributed by atoms with van der Waals surface area (Å²) in [5.74, 6) is 0.978. The minimum atomic E-state index is -1.17. The van der Waals surface area contributed by atoms with Crippen LogP contribution in [0.3, 0.4) is 0 Å². The number of furan rings is 1. The molecule has 1 amide bonds. The first-order valence-corrected chi connectivity index (χ1v) is 9.37. The highest BCUT2D eigenvalue weighted by molar-refractivity contribution is 7.84. The molecule has 0 saturated heterocycles. The first-order chi connectivity index (χ1) is 11.2. The molecular weight excluding hydrogens is 310 g/mol. The van der Waals surface area contributed by atoms with E-state index < -0.39 is 10.8 Å². The predicted molar refractivity (Wildman–Crippen MR) is 89.6 cm³/mol. The Morgan fingerprint density at radius 2 is 1.83 bits per heavy atom. The lowest BCUT2D eigenvalue weighted by atomic mass is 9.95. The number of amides is 1. The van der Waals surface area contributed by atoms with E-state index in [2.05, 4.69) is 5.32 Å². The summed E-state index contributed by atoms with van der Waals surface area (Å²) in [6, 6.07) is 12.9. The molecule has 0 bridgehead atoms. The van der Waals surface area contributed by atoms with Crippen LogP contribution in [-0.2, 0) is 16.6 Å². The highest BCUT2D eigenvalue weighted by atomic mass is 32.2. The van der Waals surface area contributed by atoms with Gasteiger partial charge in [0, 0.05) is 10.9 Å². The molecule has 1 atom stereocenters. The second kappa shape index (κ2) is 7.59. The summed E-state index contributed by atoms with van der Waals surface area (Å²) in [5.41, 5.74) is 0. The van der Waals surface area contributed by atoms with Crippen molar-refractivity contribution in [3.05, 3.63) is 54.0 Å². The average Bonchev–Trinajstić information content (AvgIpc) is 3.05. The van der Waals surface area contributed by atoms with Crippen molar-refractivity contribution in [2.24, 2.45) is 0 Å². The standard InChI is InChI=1S/C18H21NO3S/c20-18(19-14-7-3-1-4-8-14)17-12-11-15(22-17)13-23(21)16-9-5-2-6-10-16/h2,5-6,9-12,14H,1,3-4,7-8,13H2,(H,19,20)/t23-/m0/s1. The Balaban J connectivity index is 1.59. The number of carbonyl (C=O) groups is 1. The highest BCUT2D eigenvalue weighted by Gasteiger charge is 2.19. The third-order valence-electron chi connectivity index (χ3n) is 4.11. The molecule has 1 aliphatic rings. The van der Waals surface area contributed by atoms with Gasteiger partial charge in [-0.05, 0) is 37.1 Å². The number of carbonyl (C=O) groups excluding carboxylic acids is 1. The summed E-state index contributed by atoms with van der Waals surface area (Å²) in [5, 5.41) is 3.02. The number of benzene rings is 1. The smallest absolute Gasteiger partial charge is 0.287 e. The van der Waals surface area contributed by atoms with Crippen molar-refractivity contribution >= 4 is 16.7 Å². The second-order valence-electron chi connectivity index (χ2n) is 5.88. The van der Waals surface area contributed by atoms with Gasteiger partial charge in [-0.1, -0.05) is 37.5 Å². The molecule has 4 nitrogen and oxygen atoms in total. The lowest BCUT2D eigenvalue weighted by Crippen LogP contribution is -2.35. The number of hydrogen-bond acceptors (Lipinski definition) is 3. The minimum absolute atomic E-state index is 0.173. The normalized spacial score (nSPS) is 16.9. The van der Waals surface area contributed by atoms with Gasteiger partial charge >= 0.3 is 0 Å². The Labute approximate surface area is 138 Å². The maximum atomic E-state index is 12.3. The molecule has 1 saturated carbocycles. The van der Waals surface area contributed by atoms with Crippen molar-refractivity contribution in [1.29, 1.82) is 0 Å². The van der Waals surface area contributed by atoms with Crippen LogP contribution in [0.15, 0.2) is 51.8 Å². The Morgan fingerprint density at radius 1 is 1.09 bits per heavy atom. The molecule has 1 aromatic carbocycles. The van der Waals surface area contributed by atoms with Gasteiger partial charge in [0.1, 0.15) is 5.76 Å². The fourth-order valence-electron chi connectivity index (χ4n) is 2.87. The topological polar surface area (TPSA) is 59.3 Å². The summed E-state index contributed by atoms with van der Waals surface area (Å²) in [7, 11) is -1.17. The monoisotopic (exact) mass is 331 g/mol. The van der Waals surface area contributed by atoms with E-state index in [1.807, 2.05) is 30.3 Å². The lowest BCUT2D eigenvalue weighted by Gasteiger charge is -2.22. The summed E-state index contributed by atoms with van der Waals surface area (Å²) >= 11 is 0. The zero-order valence-corrected chi connectivity index (χ0v) is 13.8. The van der Waals surface area contributed by atoms with E-state index in [1.54, 1.807) is 12.1 Å². The van der Waals surface area contributed by atoms with Crippen molar-refractivity contribution in [2.45, 2.75) is 48.8 Å². The van der Waals surface area contributed by atoms with Crippen LogP contribution < -0.4 is 5.32 Å². The van der Waals surface area contributed by atoms with Gasteiger partial charge < -0.3 is 9.73 Å². The average molecular weight is 331 g/mol. The minimum Gasteiger partial charge on any atom is -0.455 e. The third-order valence-corrected chi connectivity index (χ3v) is 5.45. The zero-order chi connectivity index (χ0) is 16.1. The van der Waals surface area contributed by atoms with E-state index in [-0.39, 0.29) is 17.7 Å². The molecule has 0 unspecified atom stereocenters. The number of nitrogens with one attached hydrogen (secondary N) is 1. The van der Waals surface area contributed by atoms with E-state index >= 15 is 0 Å². The van der Waals surface area contributed by atoms with Gasteiger partial charge in [-0.2, -0.15) is 0 Å². The molecule has 2 aromatic rings. The molecule has 122 valence electrons. The largest absolute Gasteiger partial charge is 0.455 e. The Bertz CT molecular complexity index is 675. The van der Waals surface area contributed by atoms with Crippen LogP contribution in [0.1, 0.15) is 48.4 Å². The number of hydrogen-bond donors (Lipinski definition) is 1. The van der Waals surface area contributed by atoms with Gasteiger partial charge in [0.05, 0.1) is 16.6 Å². The van der Waals surface area contributed by atoms with E-state index in [1.165, 1.54) is 19.3 Å². The fraction of sp³-hybridized carbons (Fsp3) is 0.389. The van der Waals surface area contributed by atoms with E-state index in [0.717, 1.165) is 17.7 Å². The summed E-state index contributed by atoms with van der Waals surface area (Å²) < 4.78 is 17.8. The molecule has 0 radical (unpaired) electrons. The SMILES string of the molecule is O=C(NC1CCCCC1)c1ccc(C[S@](=O)c2ccccc2)o1. The zero-order valence-electron chi connectivity index (χ0n) is 13.0. The Morgan fingerprint density at radius 3 is 2.57 bits per heavy atom. The quantitative estimate of drug-likeness (QED) is 0.910. The van der Waals surface area contributed by atoms with Crippen molar-refractivity contribution in [1.82, 2.24) is 5.32 Å². The third kappa shape index (κ3) is 4.32. The molecule has 1 heterocycles. The van der Waals surface area contributed by atoms with Crippen LogP contribution >= 0.6 is 0 Å². The molecule has 0 spiro atoms. The van der Waals surface area contributed by atoms with E-state index in [4.69, 9.17) is 4.42 Å². The van der Waals surface area contributed by atoms with Gasteiger partial charge in [-0.3, -0.25) is 9.00 Å². The van der Waals surface area contributed by atoms with Crippen LogP contribution in [-0.4, -0.2) is 16.2 Å². The Kier molecular flexibility index (Phi) is 5.28. The molecule has 3 rings (SSSR count). The molecular formula is C18H21NO3S. The van der Waals surface area contributed by atoms with E-state index in [0.29, 0.717) is 11.5 Å². The van der Waals surface area contributed by atoms with E-state index in [9.17, 15) is 9.00 Å². The fourth-order valence-corrected chi connectivity index (χ4v) is 3.91. The van der Waals surface area contributed by atoms with Gasteiger partial charge in [0.15, 0.2) is 5.76 Å². The predicted octanol–water partition coefficient (Wildman–Crippen LogP) is 3.65. The van der Waals surface area contributed by atoms with Crippen molar-refractivity contribution in [2.75, 3.05) is 0 Å². The van der Waals surface area contributed by atoms with Gasteiger partial charge in [-0.15, -0.1) is 0 Å². The molecule has 0 aliphatic heterocycles. The van der Waals surface area contributed by atoms with Gasteiger partial charge in [-0.25, -0.2) is 0 Å². The molecule has 5 heteroatoms. The second-order valence-corrected chi connectivity index (χ2v) is 7.33. The molecule has 1 N–H and O–H groups in total. The molecule has 1 fully saturated rings. The van der Waals surface area contributed by atoms with Crippen molar-refractivity contribution in [3.63, 3.8) is 0 Å². The van der Waals surface area contributed by atoms with Crippen LogP contribution in [0.2, 0.25) is 0 Å². The van der Waals surface area contributed by atoms with Crippen molar-refractivity contribution in [3.8, 4) is 0 Å². The van der Waals surface area contributed by atoms with Crippen LogP contribution in [0.5, 0.6) is 0 Å². The maximum absolute atomic E-state index is 12.3. The Hall–Kier alpha value is -1.88. The lowest BCUT2D eigenvalue weighted by molar-refractivity contribution is 0.0898. The van der Waals surface area contributed by atoms with Crippen LogP contribution in [0.4, 0.5) is 0 Å². The van der Waals surface area contributed by atoms with Crippen molar-refractivity contribution < 1.29 is 13.4 Å². The van der Waals surface area contributed by atoms with Gasteiger partial charge in [0.25, 0.3) is 5.91 Å². The number of rotatable bonds is 5. The highest BCUT2D eigenvalue weighted by Crippen LogP contribution is 2.19. The maximum Gasteiger partial charge on any atom is 0.287 e. The summed E-state index contributed by atoms with van der Waals surface area (Å²) in [6.07, 6.45) is 5.67. The van der Waals surface area contributed by atoms with Crippen LogP contribution in [0.25, 0.3) is 0 Å². The molecule has 1 aromatic heterocycles. The molecule has 1 aliphatic carbocycles. The first-order valence-electron chi connectivity index (χ1n) is 8.05. The summed E-state index contributed by atoms with van der Waals surface area (Å²) in [4.78, 5) is 13.0. The molecule has 23 heavy (non-hydrogen) atoms. The van der Waals surface area contributed by atoms with Crippen LogP contribution in [0, 0.1) is 0 Å². The first kappa shape index (κ1) is 16.0. The summed E-state index contributed by atoms with van der Waals surface area (Å²) in [6.45, 7) is 0.